The standard InChI is InChI=1S/C22H24N4O4S/c1-4-13-30-19-9-5-17(6-10-19)22(27)25-18-7-11-20(12-8-18)31(28,29)26-21-14-15(2)23-16(3)24-21/h5-12,14H,4,13H2,1-3H3,(H,25,27)(H,23,24,26). The van der Waals surface area contributed by atoms with E-state index in [4.69, 9.17) is 4.74 Å². The third kappa shape index (κ3) is 6.02. The Bertz CT molecular complexity index is 1140. The van der Waals surface area contributed by atoms with Gasteiger partial charge in [-0.2, -0.15) is 0 Å². The quantitative estimate of drug-likeness (QED) is 0.549. The van der Waals surface area contributed by atoms with Gasteiger partial charge in [0.05, 0.1) is 11.5 Å². The number of aromatic nitrogens is 2. The normalized spacial score (nSPS) is 11.1. The predicted octanol–water partition coefficient (Wildman–Crippen LogP) is 3.94. The van der Waals surface area contributed by atoms with E-state index >= 15 is 0 Å². The van der Waals surface area contributed by atoms with E-state index in [0.29, 0.717) is 35.1 Å². The lowest BCUT2D eigenvalue weighted by Gasteiger charge is -2.10. The Morgan fingerprint density at radius 1 is 1.00 bits per heavy atom. The van der Waals surface area contributed by atoms with Crippen molar-refractivity contribution >= 4 is 27.4 Å². The summed E-state index contributed by atoms with van der Waals surface area (Å²) in [4.78, 5) is 20.7. The van der Waals surface area contributed by atoms with Gasteiger partial charge in [0.25, 0.3) is 15.9 Å². The second kappa shape index (κ2) is 9.57. The molecule has 2 aromatic carbocycles. The minimum absolute atomic E-state index is 0.0526. The van der Waals surface area contributed by atoms with Crippen molar-refractivity contribution in [2.24, 2.45) is 0 Å². The largest absolute Gasteiger partial charge is 0.494 e. The molecular weight excluding hydrogens is 416 g/mol. The number of aryl methyl sites for hydroxylation is 2. The highest BCUT2D eigenvalue weighted by Gasteiger charge is 2.16. The van der Waals surface area contributed by atoms with Crippen LogP contribution in [0.4, 0.5) is 11.5 Å². The Balaban J connectivity index is 1.67. The molecular formula is C22H24N4O4S. The first-order valence-electron chi connectivity index (χ1n) is 9.76. The van der Waals surface area contributed by atoms with E-state index < -0.39 is 10.0 Å². The van der Waals surface area contributed by atoms with Gasteiger partial charge in [0.15, 0.2) is 0 Å². The van der Waals surface area contributed by atoms with Crippen molar-refractivity contribution < 1.29 is 17.9 Å². The smallest absolute Gasteiger partial charge is 0.263 e. The van der Waals surface area contributed by atoms with E-state index in [9.17, 15) is 13.2 Å². The van der Waals surface area contributed by atoms with Crippen LogP contribution in [-0.4, -0.2) is 30.9 Å². The number of hydrogen-bond donors (Lipinski definition) is 2. The van der Waals surface area contributed by atoms with Crippen molar-refractivity contribution in [1.82, 2.24) is 9.97 Å². The van der Waals surface area contributed by atoms with E-state index in [1.165, 1.54) is 24.3 Å². The van der Waals surface area contributed by atoms with Gasteiger partial charge in [0, 0.05) is 23.0 Å². The molecule has 0 atom stereocenters. The van der Waals surface area contributed by atoms with Gasteiger partial charge in [0.1, 0.15) is 17.4 Å². The first kappa shape index (κ1) is 22.2. The second-order valence-corrected chi connectivity index (χ2v) is 8.58. The molecule has 0 aliphatic heterocycles. The van der Waals surface area contributed by atoms with Crippen LogP contribution in [0, 0.1) is 13.8 Å². The van der Waals surface area contributed by atoms with Gasteiger partial charge in [-0.05, 0) is 68.8 Å². The molecule has 0 saturated heterocycles. The molecule has 31 heavy (non-hydrogen) atoms. The van der Waals surface area contributed by atoms with E-state index in [0.717, 1.165) is 6.42 Å². The van der Waals surface area contributed by atoms with Crippen molar-refractivity contribution in [1.29, 1.82) is 0 Å². The Labute approximate surface area is 181 Å². The van der Waals surface area contributed by atoms with Gasteiger partial charge in [0.2, 0.25) is 0 Å². The molecule has 8 nitrogen and oxygen atoms in total. The third-order valence-corrected chi connectivity index (χ3v) is 5.59. The van der Waals surface area contributed by atoms with Gasteiger partial charge < -0.3 is 10.1 Å². The van der Waals surface area contributed by atoms with Crippen LogP contribution in [0.5, 0.6) is 5.75 Å². The molecule has 1 aromatic heterocycles. The van der Waals surface area contributed by atoms with Crippen LogP contribution in [0.1, 0.15) is 35.2 Å². The fraction of sp³-hybridized carbons (Fsp3) is 0.227. The van der Waals surface area contributed by atoms with Crippen LogP contribution >= 0.6 is 0 Å². The molecule has 0 aliphatic rings. The van der Waals surface area contributed by atoms with E-state index in [-0.39, 0.29) is 16.6 Å². The molecule has 9 heteroatoms. The summed E-state index contributed by atoms with van der Waals surface area (Å²) < 4.78 is 33.2. The van der Waals surface area contributed by atoms with Gasteiger partial charge in [-0.25, -0.2) is 18.4 Å². The number of carbonyl (C=O) groups is 1. The first-order valence-corrected chi connectivity index (χ1v) is 11.2. The number of benzene rings is 2. The van der Waals surface area contributed by atoms with Gasteiger partial charge in [-0.1, -0.05) is 6.92 Å². The molecule has 0 bridgehead atoms. The molecule has 162 valence electrons. The average Bonchev–Trinajstić information content (AvgIpc) is 2.72. The number of nitrogens with one attached hydrogen (secondary N) is 2. The van der Waals surface area contributed by atoms with E-state index in [1.807, 2.05) is 6.92 Å². The lowest BCUT2D eigenvalue weighted by Crippen LogP contribution is -2.15. The summed E-state index contributed by atoms with van der Waals surface area (Å²) in [6, 6.07) is 14.3. The summed E-state index contributed by atoms with van der Waals surface area (Å²) in [5.41, 5.74) is 1.61. The van der Waals surface area contributed by atoms with Crippen LogP contribution in [0.3, 0.4) is 0 Å². The number of nitrogens with zero attached hydrogens (tertiary/aromatic N) is 2. The maximum atomic E-state index is 12.6. The van der Waals surface area contributed by atoms with Crippen LogP contribution in [0.25, 0.3) is 0 Å². The Kier molecular flexibility index (Phi) is 6.86. The fourth-order valence-electron chi connectivity index (χ4n) is 2.81. The number of amides is 1. The molecule has 3 rings (SSSR count). The predicted molar refractivity (Wildman–Crippen MR) is 119 cm³/mol. The van der Waals surface area contributed by atoms with Crippen LogP contribution in [0.15, 0.2) is 59.5 Å². The van der Waals surface area contributed by atoms with E-state index in [2.05, 4.69) is 20.0 Å². The molecule has 0 radical (unpaired) electrons. The molecule has 0 saturated carbocycles. The van der Waals surface area contributed by atoms with Crippen LogP contribution in [0.2, 0.25) is 0 Å². The maximum Gasteiger partial charge on any atom is 0.263 e. The molecule has 0 spiro atoms. The summed E-state index contributed by atoms with van der Waals surface area (Å²) in [5.74, 6) is 1.08. The van der Waals surface area contributed by atoms with Crippen molar-refractivity contribution in [3.8, 4) is 5.75 Å². The molecule has 0 aliphatic carbocycles. The molecule has 1 heterocycles. The Morgan fingerprint density at radius 2 is 1.68 bits per heavy atom. The zero-order valence-corrected chi connectivity index (χ0v) is 18.4. The molecule has 0 unspecified atom stereocenters. The molecule has 3 aromatic rings. The maximum absolute atomic E-state index is 12.6. The van der Waals surface area contributed by atoms with Gasteiger partial charge in [-0.3, -0.25) is 9.52 Å². The Hall–Kier alpha value is -3.46. The van der Waals surface area contributed by atoms with Gasteiger partial charge >= 0.3 is 0 Å². The fourth-order valence-corrected chi connectivity index (χ4v) is 3.80. The highest BCUT2D eigenvalue weighted by Crippen LogP contribution is 2.19. The number of hydrogen-bond acceptors (Lipinski definition) is 6. The lowest BCUT2D eigenvalue weighted by atomic mass is 10.2. The zero-order valence-electron chi connectivity index (χ0n) is 17.5. The zero-order chi connectivity index (χ0) is 22.4. The molecule has 0 fully saturated rings. The minimum Gasteiger partial charge on any atom is -0.494 e. The van der Waals surface area contributed by atoms with Crippen LogP contribution in [-0.2, 0) is 10.0 Å². The summed E-state index contributed by atoms with van der Waals surface area (Å²) in [5, 5.41) is 2.75. The van der Waals surface area contributed by atoms with Crippen molar-refractivity contribution in [2.75, 3.05) is 16.6 Å². The SMILES string of the molecule is CCCOc1ccc(C(=O)Nc2ccc(S(=O)(=O)Nc3cc(C)nc(C)n3)cc2)cc1. The van der Waals surface area contributed by atoms with Crippen molar-refractivity contribution in [3.05, 3.63) is 71.7 Å². The van der Waals surface area contributed by atoms with E-state index in [1.54, 1.807) is 44.2 Å². The highest BCUT2D eigenvalue weighted by molar-refractivity contribution is 7.92. The summed E-state index contributed by atoms with van der Waals surface area (Å²) in [7, 11) is -3.82. The first-order chi connectivity index (χ1) is 14.8. The number of rotatable bonds is 8. The average molecular weight is 441 g/mol. The van der Waals surface area contributed by atoms with Crippen LogP contribution < -0.4 is 14.8 Å². The van der Waals surface area contributed by atoms with Crippen molar-refractivity contribution in [2.45, 2.75) is 32.1 Å². The second-order valence-electron chi connectivity index (χ2n) is 6.90. The topological polar surface area (TPSA) is 110 Å². The monoisotopic (exact) mass is 440 g/mol. The summed E-state index contributed by atoms with van der Waals surface area (Å²) in [6.07, 6.45) is 0.905. The highest BCUT2D eigenvalue weighted by atomic mass is 32.2. The molecule has 2 N–H and O–H groups in total. The number of sulfonamides is 1. The Morgan fingerprint density at radius 3 is 2.29 bits per heavy atom. The molecule has 1 amide bonds. The lowest BCUT2D eigenvalue weighted by molar-refractivity contribution is 0.102. The number of ether oxygens (including phenoxy) is 1. The van der Waals surface area contributed by atoms with Gasteiger partial charge in [-0.15, -0.1) is 0 Å². The number of carbonyl (C=O) groups excluding carboxylic acids is 1. The summed E-state index contributed by atoms with van der Waals surface area (Å²) >= 11 is 0. The summed E-state index contributed by atoms with van der Waals surface area (Å²) in [6.45, 7) is 6.09. The minimum atomic E-state index is -3.82. The third-order valence-electron chi connectivity index (χ3n) is 4.22. The van der Waals surface area contributed by atoms with Crippen molar-refractivity contribution in [3.63, 3.8) is 0 Å². The number of anilines is 2.